The van der Waals surface area contributed by atoms with Crippen LogP contribution < -0.4 is 0 Å². The van der Waals surface area contributed by atoms with Crippen LogP contribution in [0.5, 0.6) is 0 Å². The number of halogens is 1. The van der Waals surface area contributed by atoms with Crippen LogP contribution in [-0.2, 0) is 20.7 Å². The van der Waals surface area contributed by atoms with Gasteiger partial charge in [-0.15, -0.1) is 5.10 Å². The van der Waals surface area contributed by atoms with Crippen LogP contribution in [0.4, 0.5) is 0 Å². The van der Waals surface area contributed by atoms with E-state index < -0.39 is 5.41 Å². The second-order valence-corrected chi connectivity index (χ2v) is 6.87. The number of amides is 1. The molecule has 0 saturated carbocycles. The highest BCUT2D eigenvalue weighted by Crippen LogP contribution is 2.52. The monoisotopic (exact) mass is 354 g/mol. The van der Waals surface area contributed by atoms with E-state index in [1.165, 1.54) is 0 Å². The smallest absolute Gasteiger partial charge is 0.314 e. The number of rotatable bonds is 6. The van der Waals surface area contributed by atoms with Crippen molar-refractivity contribution in [1.82, 2.24) is 20.1 Å². The number of H-pyrrole nitrogens is 1. The summed E-state index contributed by atoms with van der Waals surface area (Å²) in [5, 5.41) is 6.63. The molecule has 3 atom stereocenters. The van der Waals surface area contributed by atoms with Gasteiger partial charge in [0.25, 0.3) is 0 Å². The number of hydrogen-bond acceptors (Lipinski definition) is 5. The molecule has 1 aromatic rings. The van der Waals surface area contributed by atoms with Gasteiger partial charge < -0.3 is 9.64 Å². The molecule has 1 aromatic heterocycles. The minimum atomic E-state index is -0.538. The summed E-state index contributed by atoms with van der Waals surface area (Å²) in [5.41, 5.74) is -0.538. The Hall–Kier alpha value is -1.63. The minimum absolute atomic E-state index is 0.0441. The number of nitrogens with zero attached hydrogens (tertiary/aromatic N) is 3. The summed E-state index contributed by atoms with van der Waals surface area (Å²) in [4.78, 5) is 31.2. The van der Waals surface area contributed by atoms with Gasteiger partial charge in [0.1, 0.15) is 5.82 Å². The lowest BCUT2D eigenvalue weighted by molar-refractivity contribution is -0.158. The lowest BCUT2D eigenvalue weighted by Gasteiger charge is -2.34. The molecular formula is C16H23ClN4O3. The van der Waals surface area contributed by atoms with Crippen LogP contribution in [-0.4, -0.2) is 50.6 Å². The van der Waals surface area contributed by atoms with E-state index in [-0.39, 0.29) is 29.2 Å². The van der Waals surface area contributed by atoms with Crippen molar-refractivity contribution in [1.29, 1.82) is 0 Å². The third-order valence-electron chi connectivity index (χ3n) is 5.42. The van der Waals surface area contributed by atoms with E-state index in [1.54, 1.807) is 0 Å². The maximum Gasteiger partial charge on any atom is 0.314 e. The van der Waals surface area contributed by atoms with Gasteiger partial charge in [-0.25, -0.2) is 4.98 Å². The van der Waals surface area contributed by atoms with Gasteiger partial charge in [-0.2, -0.15) is 0 Å². The largest absolute Gasteiger partial charge is 0.466 e. The average molecular weight is 355 g/mol. The van der Waals surface area contributed by atoms with E-state index in [0.717, 1.165) is 12.8 Å². The number of aromatic nitrogens is 3. The Morgan fingerprint density at radius 1 is 1.42 bits per heavy atom. The molecule has 1 amide bonds. The topological polar surface area (TPSA) is 88.2 Å². The van der Waals surface area contributed by atoms with Gasteiger partial charge in [-0.1, -0.05) is 6.92 Å². The molecule has 3 heterocycles. The predicted octanol–water partition coefficient (Wildman–Crippen LogP) is 2.11. The summed E-state index contributed by atoms with van der Waals surface area (Å²) in [6.45, 7) is 4.20. The summed E-state index contributed by atoms with van der Waals surface area (Å²) in [6, 6.07) is 0.0996. The fourth-order valence-electron chi connectivity index (χ4n) is 4.32. The molecule has 2 aliphatic rings. The molecule has 132 valence electrons. The van der Waals surface area contributed by atoms with Gasteiger partial charge in [0.15, 0.2) is 0 Å². The SMILES string of the molecule is CCOC(=O)[C@@]1(CC)C[C@H]2CC[C@@H]1N2C(=O)CCc1nc(Cl)n[nH]1. The van der Waals surface area contributed by atoms with Crippen LogP contribution in [0.2, 0.25) is 5.28 Å². The van der Waals surface area contributed by atoms with Crippen LogP contribution in [0.1, 0.15) is 51.8 Å². The average Bonchev–Trinajstić information content (AvgIpc) is 3.26. The third-order valence-corrected chi connectivity index (χ3v) is 5.59. The zero-order chi connectivity index (χ0) is 17.3. The van der Waals surface area contributed by atoms with Gasteiger partial charge in [-0.3, -0.25) is 14.7 Å². The zero-order valence-electron chi connectivity index (χ0n) is 14.0. The lowest BCUT2D eigenvalue weighted by atomic mass is 9.72. The second kappa shape index (κ2) is 6.70. The fourth-order valence-corrected chi connectivity index (χ4v) is 4.46. The molecule has 2 fully saturated rings. The number of hydrogen-bond donors (Lipinski definition) is 1. The molecule has 0 aliphatic carbocycles. The van der Waals surface area contributed by atoms with Crippen LogP contribution in [0.15, 0.2) is 0 Å². The van der Waals surface area contributed by atoms with Crippen molar-refractivity contribution in [3.8, 4) is 0 Å². The Balaban J connectivity index is 1.70. The second-order valence-electron chi connectivity index (χ2n) is 6.53. The van der Waals surface area contributed by atoms with Gasteiger partial charge in [0.2, 0.25) is 11.2 Å². The highest BCUT2D eigenvalue weighted by molar-refractivity contribution is 6.28. The van der Waals surface area contributed by atoms with E-state index >= 15 is 0 Å². The number of aromatic amines is 1. The van der Waals surface area contributed by atoms with Crippen LogP contribution in [0, 0.1) is 5.41 Å². The molecule has 2 saturated heterocycles. The van der Waals surface area contributed by atoms with Crippen LogP contribution >= 0.6 is 11.6 Å². The normalized spacial score (nSPS) is 28.4. The summed E-state index contributed by atoms with van der Waals surface area (Å²) < 4.78 is 5.32. The predicted molar refractivity (Wildman–Crippen MR) is 87.3 cm³/mol. The molecule has 1 N–H and O–H groups in total. The highest BCUT2D eigenvalue weighted by atomic mass is 35.5. The first-order chi connectivity index (χ1) is 11.5. The Bertz CT molecular complexity index is 635. The van der Waals surface area contributed by atoms with E-state index in [0.29, 0.717) is 38.1 Å². The Kier molecular flexibility index (Phi) is 4.80. The molecular weight excluding hydrogens is 332 g/mol. The molecule has 3 rings (SSSR count). The molecule has 2 bridgehead atoms. The number of esters is 1. The van der Waals surface area contributed by atoms with Crippen molar-refractivity contribution in [3.63, 3.8) is 0 Å². The van der Waals surface area contributed by atoms with Gasteiger partial charge >= 0.3 is 5.97 Å². The fraction of sp³-hybridized carbons (Fsp3) is 0.750. The van der Waals surface area contributed by atoms with E-state index in [9.17, 15) is 9.59 Å². The number of carbonyl (C=O) groups is 2. The maximum absolute atomic E-state index is 12.7. The summed E-state index contributed by atoms with van der Waals surface area (Å²) >= 11 is 5.68. The van der Waals surface area contributed by atoms with E-state index in [4.69, 9.17) is 16.3 Å². The van der Waals surface area contributed by atoms with Crippen LogP contribution in [0.25, 0.3) is 0 Å². The third kappa shape index (κ3) is 2.79. The Morgan fingerprint density at radius 2 is 2.21 bits per heavy atom. The standard InChI is InChI=1S/C16H23ClN4O3/c1-3-16(14(23)24-4-2)9-10-5-6-11(16)21(10)13(22)8-7-12-18-15(17)20-19-12/h10-11H,3-9H2,1-2H3,(H,18,19,20)/t10-,11+,16+/m1/s1. The first-order valence-electron chi connectivity index (χ1n) is 8.57. The van der Waals surface area contributed by atoms with Crippen molar-refractivity contribution >= 4 is 23.5 Å². The molecule has 0 spiro atoms. The molecule has 8 heteroatoms. The molecule has 7 nitrogen and oxygen atoms in total. The van der Waals surface area contributed by atoms with Crippen molar-refractivity contribution in [2.45, 2.75) is 64.5 Å². The number of carbonyl (C=O) groups excluding carboxylic acids is 2. The van der Waals surface area contributed by atoms with Crippen molar-refractivity contribution in [2.24, 2.45) is 5.41 Å². The number of fused-ring (bicyclic) bond motifs is 2. The molecule has 0 aromatic carbocycles. The van der Waals surface area contributed by atoms with Crippen molar-refractivity contribution in [2.75, 3.05) is 6.61 Å². The van der Waals surface area contributed by atoms with Gasteiger partial charge in [0, 0.05) is 24.9 Å². The zero-order valence-corrected chi connectivity index (χ0v) is 14.8. The Morgan fingerprint density at radius 3 is 2.83 bits per heavy atom. The Labute approximate surface area is 146 Å². The molecule has 2 aliphatic heterocycles. The quantitative estimate of drug-likeness (QED) is 0.790. The maximum atomic E-state index is 12.7. The minimum Gasteiger partial charge on any atom is -0.466 e. The lowest BCUT2D eigenvalue weighted by Crippen LogP contribution is -2.45. The summed E-state index contributed by atoms with van der Waals surface area (Å²) in [6.07, 6.45) is 4.05. The molecule has 0 radical (unpaired) electrons. The van der Waals surface area contributed by atoms with Gasteiger partial charge in [0.05, 0.1) is 12.0 Å². The van der Waals surface area contributed by atoms with Crippen molar-refractivity contribution < 1.29 is 14.3 Å². The van der Waals surface area contributed by atoms with Gasteiger partial charge in [-0.05, 0) is 44.2 Å². The van der Waals surface area contributed by atoms with E-state index in [1.807, 2.05) is 18.7 Å². The van der Waals surface area contributed by atoms with E-state index in [2.05, 4.69) is 15.2 Å². The summed E-state index contributed by atoms with van der Waals surface area (Å²) in [5.74, 6) is 0.515. The highest BCUT2D eigenvalue weighted by Gasteiger charge is 2.60. The molecule has 24 heavy (non-hydrogen) atoms. The number of nitrogens with one attached hydrogen (secondary N) is 1. The number of aryl methyl sites for hydroxylation is 1. The first-order valence-corrected chi connectivity index (χ1v) is 8.94. The van der Waals surface area contributed by atoms with Crippen LogP contribution in [0.3, 0.4) is 0 Å². The first kappa shape index (κ1) is 17.2. The number of ether oxygens (including phenoxy) is 1. The molecule has 0 unspecified atom stereocenters. The summed E-state index contributed by atoms with van der Waals surface area (Å²) in [7, 11) is 0. The van der Waals surface area contributed by atoms with Crippen molar-refractivity contribution in [3.05, 3.63) is 11.1 Å².